The molecule has 0 aliphatic carbocycles. The van der Waals surface area contributed by atoms with Crippen molar-refractivity contribution in [2.24, 2.45) is 0 Å². The van der Waals surface area contributed by atoms with E-state index in [1.54, 1.807) is 13.8 Å². The zero-order valence-corrected chi connectivity index (χ0v) is 12.2. The second-order valence-electron chi connectivity index (χ2n) is 4.45. The molecule has 0 bridgehead atoms. The number of carbonyl (C=O) groups is 2. The molecule has 0 heterocycles. The lowest BCUT2D eigenvalue weighted by Crippen LogP contribution is -2.29. The summed E-state index contributed by atoms with van der Waals surface area (Å²) in [7, 11) is 0. The first-order chi connectivity index (χ1) is 8.91. The topological polar surface area (TPSA) is 61.8 Å². The number of halogens is 1. The minimum atomic E-state index is -0.640. The SMILES string of the molecule is C=CC(=O)OCCOCCCC(=O)OC(C)(C)CCl. The lowest BCUT2D eigenvalue weighted by molar-refractivity contribution is -0.154. The van der Waals surface area contributed by atoms with Crippen LogP contribution in [0, 0.1) is 0 Å². The molecule has 0 aliphatic rings. The molecule has 0 unspecified atom stereocenters. The number of carbonyl (C=O) groups excluding carboxylic acids is 2. The molecular formula is C13H21ClO5. The zero-order chi connectivity index (χ0) is 14.7. The fraction of sp³-hybridized carbons (Fsp3) is 0.692. The average Bonchev–Trinajstić information content (AvgIpc) is 2.36. The molecule has 0 radical (unpaired) electrons. The highest BCUT2D eigenvalue weighted by Gasteiger charge is 2.20. The highest BCUT2D eigenvalue weighted by Crippen LogP contribution is 2.12. The van der Waals surface area contributed by atoms with Gasteiger partial charge in [-0.2, -0.15) is 0 Å². The van der Waals surface area contributed by atoms with E-state index in [0.29, 0.717) is 19.6 Å². The Morgan fingerprint density at radius 2 is 1.95 bits per heavy atom. The molecule has 0 fully saturated rings. The van der Waals surface area contributed by atoms with E-state index in [1.807, 2.05) is 0 Å². The molecule has 0 saturated heterocycles. The molecule has 19 heavy (non-hydrogen) atoms. The van der Waals surface area contributed by atoms with Gasteiger partial charge < -0.3 is 14.2 Å². The summed E-state index contributed by atoms with van der Waals surface area (Å²) in [5.41, 5.74) is -0.640. The lowest BCUT2D eigenvalue weighted by Gasteiger charge is -2.22. The van der Waals surface area contributed by atoms with Crippen molar-refractivity contribution < 1.29 is 23.8 Å². The van der Waals surface area contributed by atoms with Crippen LogP contribution >= 0.6 is 11.6 Å². The van der Waals surface area contributed by atoms with E-state index < -0.39 is 11.6 Å². The molecule has 6 heteroatoms. The third-order valence-electron chi connectivity index (χ3n) is 2.02. The van der Waals surface area contributed by atoms with Crippen LogP contribution in [-0.2, 0) is 23.8 Å². The van der Waals surface area contributed by atoms with Crippen molar-refractivity contribution >= 4 is 23.5 Å². The predicted octanol–water partition coefficient (Wildman–Crippen LogP) is 2.07. The van der Waals surface area contributed by atoms with Crippen LogP contribution in [0.2, 0.25) is 0 Å². The second-order valence-corrected chi connectivity index (χ2v) is 4.72. The van der Waals surface area contributed by atoms with Crippen molar-refractivity contribution in [3.8, 4) is 0 Å². The molecular weight excluding hydrogens is 272 g/mol. The van der Waals surface area contributed by atoms with E-state index in [9.17, 15) is 9.59 Å². The third kappa shape index (κ3) is 10.5. The molecule has 0 amide bonds. The van der Waals surface area contributed by atoms with Gasteiger partial charge in [0.05, 0.1) is 12.5 Å². The van der Waals surface area contributed by atoms with Crippen LogP contribution < -0.4 is 0 Å². The summed E-state index contributed by atoms with van der Waals surface area (Å²) in [6, 6.07) is 0. The summed E-state index contributed by atoms with van der Waals surface area (Å²) >= 11 is 5.64. The molecule has 0 saturated carbocycles. The van der Waals surface area contributed by atoms with Gasteiger partial charge in [0.1, 0.15) is 12.2 Å². The molecule has 0 N–H and O–H groups in total. The maximum absolute atomic E-state index is 11.4. The Bertz CT molecular complexity index is 301. The maximum atomic E-state index is 11.4. The van der Waals surface area contributed by atoms with Crippen LogP contribution in [-0.4, -0.2) is 43.2 Å². The zero-order valence-electron chi connectivity index (χ0n) is 11.4. The first-order valence-electron chi connectivity index (χ1n) is 6.06. The first kappa shape index (κ1) is 17.9. The summed E-state index contributed by atoms with van der Waals surface area (Å²) in [6.45, 7) is 7.65. The van der Waals surface area contributed by atoms with Gasteiger partial charge in [-0.05, 0) is 20.3 Å². The van der Waals surface area contributed by atoms with Crippen LogP contribution in [0.3, 0.4) is 0 Å². The van der Waals surface area contributed by atoms with Crippen molar-refractivity contribution in [1.29, 1.82) is 0 Å². The van der Waals surface area contributed by atoms with Crippen molar-refractivity contribution in [1.82, 2.24) is 0 Å². The molecule has 0 atom stereocenters. The van der Waals surface area contributed by atoms with E-state index in [2.05, 4.69) is 6.58 Å². The molecule has 0 aromatic rings. The van der Waals surface area contributed by atoms with Crippen molar-refractivity contribution in [3.63, 3.8) is 0 Å². The van der Waals surface area contributed by atoms with E-state index >= 15 is 0 Å². The lowest BCUT2D eigenvalue weighted by atomic mass is 10.2. The Morgan fingerprint density at radius 1 is 1.26 bits per heavy atom. The summed E-state index contributed by atoms with van der Waals surface area (Å²) in [5, 5.41) is 0. The minimum Gasteiger partial charge on any atom is -0.460 e. The number of alkyl halides is 1. The summed E-state index contributed by atoms with van der Waals surface area (Å²) in [4.78, 5) is 22.1. The van der Waals surface area contributed by atoms with Gasteiger partial charge in [0.2, 0.25) is 0 Å². The van der Waals surface area contributed by atoms with Crippen molar-refractivity contribution in [2.75, 3.05) is 25.7 Å². The van der Waals surface area contributed by atoms with E-state index in [1.165, 1.54) is 0 Å². The summed E-state index contributed by atoms with van der Waals surface area (Å²) in [5.74, 6) is -0.521. The molecule has 0 aliphatic heterocycles. The van der Waals surface area contributed by atoms with Gasteiger partial charge in [0.15, 0.2) is 0 Å². The third-order valence-corrected chi connectivity index (χ3v) is 2.66. The Hall–Kier alpha value is -1.07. The van der Waals surface area contributed by atoms with Gasteiger partial charge >= 0.3 is 11.9 Å². The quantitative estimate of drug-likeness (QED) is 0.267. The van der Waals surface area contributed by atoms with Gasteiger partial charge in [0.25, 0.3) is 0 Å². The van der Waals surface area contributed by atoms with E-state index in [-0.39, 0.29) is 24.9 Å². The highest BCUT2D eigenvalue weighted by molar-refractivity contribution is 6.18. The summed E-state index contributed by atoms with van der Waals surface area (Å²) < 4.78 is 15.1. The minimum absolute atomic E-state index is 0.175. The van der Waals surface area contributed by atoms with Gasteiger partial charge in [-0.3, -0.25) is 4.79 Å². The van der Waals surface area contributed by atoms with E-state index in [0.717, 1.165) is 6.08 Å². The standard InChI is InChI=1S/C13H21ClO5/c1-4-11(15)18-9-8-17-7-5-6-12(16)19-13(2,3)10-14/h4H,1,5-10H2,2-3H3. The van der Waals surface area contributed by atoms with Gasteiger partial charge in [-0.25, -0.2) is 4.79 Å². The largest absolute Gasteiger partial charge is 0.460 e. The van der Waals surface area contributed by atoms with E-state index in [4.69, 9.17) is 25.8 Å². The van der Waals surface area contributed by atoms with Crippen molar-refractivity contribution in [2.45, 2.75) is 32.3 Å². The van der Waals surface area contributed by atoms with Gasteiger partial charge in [-0.15, -0.1) is 11.6 Å². The Balaban J connectivity index is 3.47. The fourth-order valence-corrected chi connectivity index (χ4v) is 1.12. The van der Waals surface area contributed by atoms with Crippen LogP contribution in [0.15, 0.2) is 12.7 Å². The van der Waals surface area contributed by atoms with Crippen LogP contribution in [0.5, 0.6) is 0 Å². The number of rotatable bonds is 10. The monoisotopic (exact) mass is 292 g/mol. The molecule has 0 aromatic carbocycles. The Labute approximate surface area is 118 Å². The highest BCUT2D eigenvalue weighted by atomic mass is 35.5. The van der Waals surface area contributed by atoms with Crippen LogP contribution in [0.4, 0.5) is 0 Å². The van der Waals surface area contributed by atoms with Crippen LogP contribution in [0.25, 0.3) is 0 Å². The number of esters is 2. The molecule has 0 rings (SSSR count). The second kappa shape index (κ2) is 9.81. The van der Waals surface area contributed by atoms with Gasteiger partial charge in [0, 0.05) is 19.1 Å². The molecule has 110 valence electrons. The normalized spacial score (nSPS) is 10.9. The fourth-order valence-electron chi connectivity index (χ4n) is 1.07. The number of hydrogen-bond acceptors (Lipinski definition) is 5. The number of ether oxygens (including phenoxy) is 3. The Morgan fingerprint density at radius 3 is 2.53 bits per heavy atom. The van der Waals surface area contributed by atoms with Crippen LogP contribution in [0.1, 0.15) is 26.7 Å². The first-order valence-corrected chi connectivity index (χ1v) is 6.59. The molecule has 0 aromatic heterocycles. The molecule has 5 nitrogen and oxygen atoms in total. The van der Waals surface area contributed by atoms with Crippen molar-refractivity contribution in [3.05, 3.63) is 12.7 Å². The smallest absolute Gasteiger partial charge is 0.330 e. The molecule has 0 spiro atoms. The maximum Gasteiger partial charge on any atom is 0.330 e. The summed E-state index contributed by atoms with van der Waals surface area (Å²) in [6.07, 6.45) is 1.91. The predicted molar refractivity (Wildman–Crippen MR) is 72.1 cm³/mol. The van der Waals surface area contributed by atoms with Gasteiger partial charge in [-0.1, -0.05) is 6.58 Å². The Kier molecular flexibility index (Phi) is 9.26. The average molecular weight is 293 g/mol. The number of hydrogen-bond donors (Lipinski definition) is 0.